The Labute approximate surface area is 141 Å². The second-order valence-corrected chi connectivity index (χ2v) is 4.92. The van der Waals surface area contributed by atoms with Crippen LogP contribution in [0, 0.1) is 0 Å². The molecule has 1 atom stereocenters. The van der Waals surface area contributed by atoms with Gasteiger partial charge in [0.15, 0.2) is 0 Å². The van der Waals surface area contributed by atoms with Gasteiger partial charge in [-0.15, -0.1) is 0 Å². The Balaban J connectivity index is 2.81. The minimum atomic E-state index is -0.910. The van der Waals surface area contributed by atoms with Crippen molar-refractivity contribution in [3.8, 4) is 0 Å². The van der Waals surface area contributed by atoms with Crippen LogP contribution in [0.25, 0.3) is 0 Å². The SMILES string of the molecule is CCOC(=O)CCC(NC(=O)c1ccccc1NC)C(=O)OCC. The highest BCUT2D eigenvalue weighted by atomic mass is 16.5. The van der Waals surface area contributed by atoms with E-state index in [0.29, 0.717) is 11.3 Å². The molecule has 132 valence electrons. The Hall–Kier alpha value is -2.57. The summed E-state index contributed by atoms with van der Waals surface area (Å²) in [6.45, 7) is 3.85. The highest BCUT2D eigenvalue weighted by Gasteiger charge is 2.24. The maximum atomic E-state index is 12.4. The molecule has 0 bridgehead atoms. The molecule has 2 N–H and O–H groups in total. The van der Waals surface area contributed by atoms with E-state index in [1.54, 1.807) is 45.2 Å². The molecule has 0 aliphatic carbocycles. The number of hydrogen-bond acceptors (Lipinski definition) is 6. The molecular weight excluding hydrogens is 312 g/mol. The van der Waals surface area contributed by atoms with Gasteiger partial charge in [0.05, 0.1) is 18.8 Å². The van der Waals surface area contributed by atoms with Crippen LogP contribution in [0.4, 0.5) is 5.69 Å². The fourth-order valence-corrected chi connectivity index (χ4v) is 2.12. The van der Waals surface area contributed by atoms with Crippen molar-refractivity contribution in [1.29, 1.82) is 0 Å². The Morgan fingerprint density at radius 3 is 2.38 bits per heavy atom. The molecule has 0 aliphatic rings. The van der Waals surface area contributed by atoms with Crippen LogP contribution in [-0.2, 0) is 19.1 Å². The summed E-state index contributed by atoms with van der Waals surface area (Å²) < 4.78 is 9.81. The number of rotatable bonds is 9. The summed E-state index contributed by atoms with van der Waals surface area (Å²) in [6, 6.07) is 6.02. The highest BCUT2D eigenvalue weighted by Crippen LogP contribution is 2.14. The quantitative estimate of drug-likeness (QED) is 0.667. The topological polar surface area (TPSA) is 93.7 Å². The molecule has 0 fully saturated rings. The smallest absolute Gasteiger partial charge is 0.328 e. The molecule has 0 spiro atoms. The Kier molecular flexibility index (Phi) is 8.32. The molecule has 0 heterocycles. The molecule has 1 rings (SSSR count). The summed E-state index contributed by atoms with van der Waals surface area (Å²) >= 11 is 0. The Bertz CT molecular complexity index is 574. The number of carbonyl (C=O) groups excluding carboxylic acids is 3. The van der Waals surface area contributed by atoms with Gasteiger partial charge < -0.3 is 20.1 Å². The fourth-order valence-electron chi connectivity index (χ4n) is 2.12. The van der Waals surface area contributed by atoms with E-state index < -0.39 is 23.9 Å². The largest absolute Gasteiger partial charge is 0.466 e. The predicted molar refractivity (Wildman–Crippen MR) is 89.7 cm³/mol. The minimum Gasteiger partial charge on any atom is -0.466 e. The first-order chi connectivity index (χ1) is 11.5. The summed E-state index contributed by atoms with van der Waals surface area (Å²) in [4.78, 5) is 36.0. The van der Waals surface area contributed by atoms with Gasteiger partial charge in [0, 0.05) is 19.2 Å². The summed E-state index contributed by atoms with van der Waals surface area (Å²) in [5.41, 5.74) is 1.05. The zero-order chi connectivity index (χ0) is 17.9. The number of hydrogen-bond donors (Lipinski definition) is 2. The van der Waals surface area contributed by atoms with E-state index in [2.05, 4.69) is 10.6 Å². The Morgan fingerprint density at radius 1 is 1.08 bits per heavy atom. The van der Waals surface area contributed by atoms with E-state index in [1.165, 1.54) is 0 Å². The van der Waals surface area contributed by atoms with E-state index in [1.807, 2.05) is 0 Å². The lowest BCUT2D eigenvalue weighted by Gasteiger charge is -2.18. The zero-order valence-corrected chi connectivity index (χ0v) is 14.3. The number of amides is 1. The average Bonchev–Trinajstić information content (AvgIpc) is 2.58. The lowest BCUT2D eigenvalue weighted by Crippen LogP contribution is -2.42. The summed E-state index contributed by atoms with van der Waals surface area (Å²) in [6.07, 6.45) is 0.135. The molecule has 7 nitrogen and oxygen atoms in total. The van der Waals surface area contributed by atoms with Gasteiger partial charge in [-0.05, 0) is 32.4 Å². The number of esters is 2. The van der Waals surface area contributed by atoms with Gasteiger partial charge in [-0.1, -0.05) is 12.1 Å². The number of anilines is 1. The molecule has 1 aromatic carbocycles. The van der Waals surface area contributed by atoms with E-state index >= 15 is 0 Å². The molecule has 24 heavy (non-hydrogen) atoms. The van der Waals surface area contributed by atoms with Gasteiger partial charge in [0.25, 0.3) is 5.91 Å². The number of para-hydroxylation sites is 1. The summed E-state index contributed by atoms with van der Waals surface area (Å²) in [5.74, 6) is -1.41. The monoisotopic (exact) mass is 336 g/mol. The van der Waals surface area contributed by atoms with Gasteiger partial charge in [0.2, 0.25) is 0 Å². The lowest BCUT2D eigenvalue weighted by atomic mass is 10.1. The van der Waals surface area contributed by atoms with Crippen LogP contribution in [0.3, 0.4) is 0 Å². The molecule has 1 amide bonds. The highest BCUT2D eigenvalue weighted by molar-refractivity contribution is 6.01. The molecule has 0 saturated heterocycles. The van der Waals surface area contributed by atoms with Crippen molar-refractivity contribution in [2.75, 3.05) is 25.6 Å². The van der Waals surface area contributed by atoms with E-state index in [4.69, 9.17) is 9.47 Å². The van der Waals surface area contributed by atoms with E-state index in [0.717, 1.165) is 0 Å². The summed E-state index contributed by atoms with van der Waals surface area (Å²) in [5, 5.41) is 5.55. The van der Waals surface area contributed by atoms with Crippen molar-refractivity contribution >= 4 is 23.5 Å². The maximum absolute atomic E-state index is 12.4. The molecule has 7 heteroatoms. The normalized spacial score (nSPS) is 11.3. The summed E-state index contributed by atoms with van der Waals surface area (Å²) in [7, 11) is 1.70. The first-order valence-corrected chi connectivity index (χ1v) is 7.93. The van der Waals surface area contributed by atoms with Crippen molar-refractivity contribution in [2.45, 2.75) is 32.7 Å². The fraction of sp³-hybridized carbons (Fsp3) is 0.471. The number of nitrogens with one attached hydrogen (secondary N) is 2. The average molecular weight is 336 g/mol. The van der Waals surface area contributed by atoms with Gasteiger partial charge >= 0.3 is 11.9 Å². The second kappa shape index (κ2) is 10.3. The van der Waals surface area contributed by atoms with E-state index in [9.17, 15) is 14.4 Å². The first-order valence-electron chi connectivity index (χ1n) is 7.93. The molecule has 0 aliphatic heterocycles. The molecular formula is C17H24N2O5. The molecule has 0 saturated carbocycles. The van der Waals surface area contributed by atoms with Crippen molar-refractivity contribution < 1.29 is 23.9 Å². The predicted octanol–water partition coefficient (Wildman–Crippen LogP) is 1.73. The first kappa shape index (κ1) is 19.5. The molecule has 0 radical (unpaired) electrons. The number of carbonyl (C=O) groups is 3. The van der Waals surface area contributed by atoms with Crippen LogP contribution in [0.5, 0.6) is 0 Å². The van der Waals surface area contributed by atoms with E-state index in [-0.39, 0.29) is 26.1 Å². The van der Waals surface area contributed by atoms with Crippen LogP contribution in [0.15, 0.2) is 24.3 Å². The maximum Gasteiger partial charge on any atom is 0.328 e. The van der Waals surface area contributed by atoms with Crippen LogP contribution >= 0.6 is 0 Å². The van der Waals surface area contributed by atoms with Gasteiger partial charge in [-0.3, -0.25) is 9.59 Å². The van der Waals surface area contributed by atoms with Gasteiger partial charge in [0.1, 0.15) is 6.04 Å². The number of benzene rings is 1. The van der Waals surface area contributed by atoms with Crippen LogP contribution in [0.1, 0.15) is 37.0 Å². The third-order valence-corrected chi connectivity index (χ3v) is 3.26. The van der Waals surface area contributed by atoms with Crippen molar-refractivity contribution in [3.63, 3.8) is 0 Å². The molecule has 1 aromatic rings. The van der Waals surface area contributed by atoms with Gasteiger partial charge in [-0.2, -0.15) is 0 Å². The number of ether oxygens (including phenoxy) is 2. The van der Waals surface area contributed by atoms with Crippen molar-refractivity contribution in [2.24, 2.45) is 0 Å². The standard InChI is InChI=1S/C17H24N2O5/c1-4-23-15(20)11-10-14(17(22)24-5-2)19-16(21)12-8-6-7-9-13(12)18-3/h6-9,14,18H,4-5,10-11H2,1-3H3,(H,19,21). The third kappa shape index (κ3) is 5.91. The van der Waals surface area contributed by atoms with Crippen molar-refractivity contribution in [3.05, 3.63) is 29.8 Å². The van der Waals surface area contributed by atoms with Crippen LogP contribution in [0.2, 0.25) is 0 Å². The van der Waals surface area contributed by atoms with Crippen LogP contribution < -0.4 is 10.6 Å². The van der Waals surface area contributed by atoms with Gasteiger partial charge in [-0.25, -0.2) is 4.79 Å². The Morgan fingerprint density at radius 2 is 1.75 bits per heavy atom. The van der Waals surface area contributed by atoms with Crippen molar-refractivity contribution in [1.82, 2.24) is 5.32 Å². The molecule has 1 unspecified atom stereocenters. The zero-order valence-electron chi connectivity index (χ0n) is 14.3. The minimum absolute atomic E-state index is 0.0191. The third-order valence-electron chi connectivity index (χ3n) is 3.26. The second-order valence-electron chi connectivity index (χ2n) is 4.92. The van der Waals surface area contributed by atoms with Crippen LogP contribution in [-0.4, -0.2) is 44.1 Å². The lowest BCUT2D eigenvalue weighted by molar-refractivity contribution is -0.146. The molecule has 0 aromatic heterocycles.